The number of amides is 1. The predicted octanol–water partition coefficient (Wildman–Crippen LogP) is 3.72. The Balaban J connectivity index is 1.81. The maximum atomic E-state index is 12.4. The van der Waals surface area contributed by atoms with Crippen molar-refractivity contribution in [2.24, 2.45) is 0 Å². The molecule has 0 aromatic heterocycles. The van der Waals surface area contributed by atoms with E-state index in [0.29, 0.717) is 0 Å². The molecule has 0 radical (unpaired) electrons. The molecule has 3 rings (SSSR count). The van der Waals surface area contributed by atoms with Gasteiger partial charge in [-0.3, -0.25) is 4.79 Å². The summed E-state index contributed by atoms with van der Waals surface area (Å²) in [5.41, 5.74) is 4.18. The molecule has 2 nitrogen and oxygen atoms in total. The van der Waals surface area contributed by atoms with Crippen molar-refractivity contribution < 1.29 is 4.79 Å². The molecule has 0 spiro atoms. The van der Waals surface area contributed by atoms with Gasteiger partial charge in [-0.05, 0) is 55.5 Å². The molecule has 1 saturated carbocycles. The van der Waals surface area contributed by atoms with E-state index in [1.807, 2.05) is 43.3 Å². The molecule has 2 aromatic rings. The highest BCUT2D eigenvalue weighted by Crippen LogP contribution is 2.45. The molecule has 1 aliphatic carbocycles. The minimum Gasteiger partial charge on any atom is -0.343 e. The summed E-state index contributed by atoms with van der Waals surface area (Å²) < 4.78 is 0. The predicted molar refractivity (Wildman–Crippen MR) is 80.7 cm³/mol. The molecule has 1 N–H and O–H groups in total. The van der Waals surface area contributed by atoms with Crippen molar-refractivity contribution in [1.29, 1.82) is 0 Å². The largest absolute Gasteiger partial charge is 0.343 e. The molecular weight excluding hydrogens is 246 g/mol. The van der Waals surface area contributed by atoms with Gasteiger partial charge in [0.25, 0.3) is 5.91 Å². The summed E-state index contributed by atoms with van der Waals surface area (Å²) in [5.74, 6) is 0.0226. The average Bonchev–Trinajstić information content (AvgIpc) is 3.23. The van der Waals surface area contributed by atoms with E-state index in [-0.39, 0.29) is 11.4 Å². The van der Waals surface area contributed by atoms with Gasteiger partial charge in [-0.25, -0.2) is 0 Å². The molecule has 20 heavy (non-hydrogen) atoms. The van der Waals surface area contributed by atoms with E-state index in [1.54, 1.807) is 0 Å². The fraction of sp³-hybridized carbons (Fsp3) is 0.278. The van der Waals surface area contributed by atoms with Crippen LogP contribution in [0.2, 0.25) is 0 Å². The highest BCUT2D eigenvalue weighted by Gasteiger charge is 2.45. The number of benzene rings is 2. The minimum atomic E-state index is -0.142. The fourth-order valence-corrected chi connectivity index (χ4v) is 2.54. The summed E-state index contributed by atoms with van der Waals surface area (Å²) in [4.78, 5) is 12.4. The third kappa shape index (κ3) is 2.34. The molecule has 0 saturated heterocycles. The van der Waals surface area contributed by atoms with Gasteiger partial charge in [0.05, 0.1) is 5.54 Å². The highest BCUT2D eigenvalue weighted by atomic mass is 16.1. The van der Waals surface area contributed by atoms with Crippen LogP contribution in [-0.2, 0) is 5.54 Å². The van der Waals surface area contributed by atoms with Gasteiger partial charge >= 0.3 is 0 Å². The van der Waals surface area contributed by atoms with Crippen LogP contribution in [0.25, 0.3) is 0 Å². The van der Waals surface area contributed by atoms with Crippen LogP contribution < -0.4 is 5.32 Å². The molecule has 1 aliphatic rings. The van der Waals surface area contributed by atoms with Crippen molar-refractivity contribution in [2.75, 3.05) is 0 Å². The Labute approximate surface area is 119 Å². The lowest BCUT2D eigenvalue weighted by Gasteiger charge is -2.18. The van der Waals surface area contributed by atoms with Crippen molar-refractivity contribution >= 4 is 5.91 Å². The van der Waals surface area contributed by atoms with Gasteiger partial charge in [-0.1, -0.05) is 36.4 Å². The molecule has 102 valence electrons. The summed E-state index contributed by atoms with van der Waals surface area (Å²) in [7, 11) is 0. The number of carbonyl (C=O) groups excluding carboxylic acids is 1. The van der Waals surface area contributed by atoms with Gasteiger partial charge in [-0.2, -0.15) is 0 Å². The number of aryl methyl sites for hydroxylation is 2. The molecule has 0 bridgehead atoms. The van der Waals surface area contributed by atoms with Crippen molar-refractivity contribution in [3.05, 3.63) is 70.8 Å². The third-order valence-corrected chi connectivity index (χ3v) is 4.20. The maximum absolute atomic E-state index is 12.4. The third-order valence-electron chi connectivity index (χ3n) is 4.20. The lowest BCUT2D eigenvalue weighted by atomic mass is 10.0. The van der Waals surface area contributed by atoms with Gasteiger partial charge in [0, 0.05) is 5.56 Å². The number of hydrogen-bond acceptors (Lipinski definition) is 1. The molecule has 0 unspecified atom stereocenters. The molecule has 2 aromatic carbocycles. The van der Waals surface area contributed by atoms with E-state index in [2.05, 4.69) is 24.4 Å². The van der Waals surface area contributed by atoms with Crippen LogP contribution >= 0.6 is 0 Å². The van der Waals surface area contributed by atoms with E-state index >= 15 is 0 Å². The van der Waals surface area contributed by atoms with Crippen LogP contribution in [0.5, 0.6) is 0 Å². The zero-order valence-electron chi connectivity index (χ0n) is 11.9. The number of hydrogen-bond donors (Lipinski definition) is 1. The van der Waals surface area contributed by atoms with Crippen LogP contribution in [0.15, 0.2) is 48.5 Å². The van der Waals surface area contributed by atoms with Gasteiger partial charge in [-0.15, -0.1) is 0 Å². The molecule has 1 fully saturated rings. The van der Waals surface area contributed by atoms with E-state index in [9.17, 15) is 4.79 Å². The maximum Gasteiger partial charge on any atom is 0.251 e. The zero-order valence-corrected chi connectivity index (χ0v) is 11.9. The Hall–Kier alpha value is -2.09. The topological polar surface area (TPSA) is 29.1 Å². The fourth-order valence-electron chi connectivity index (χ4n) is 2.54. The molecule has 1 amide bonds. The number of carbonyl (C=O) groups is 1. The molecule has 0 aliphatic heterocycles. The lowest BCUT2D eigenvalue weighted by Crippen LogP contribution is -2.34. The van der Waals surface area contributed by atoms with Gasteiger partial charge in [0.1, 0.15) is 0 Å². The summed E-state index contributed by atoms with van der Waals surface area (Å²) in [5, 5.41) is 3.21. The normalized spacial score (nSPS) is 15.7. The quantitative estimate of drug-likeness (QED) is 0.900. The summed E-state index contributed by atoms with van der Waals surface area (Å²) >= 11 is 0. The lowest BCUT2D eigenvalue weighted by molar-refractivity contribution is 0.0930. The molecular formula is C18H19NO. The van der Waals surface area contributed by atoms with Crippen molar-refractivity contribution in [3.63, 3.8) is 0 Å². The standard InChI is InChI=1S/C18H19NO/c1-13-8-9-15(12-14(13)2)17(20)19-18(10-11-18)16-6-4-3-5-7-16/h3-9,12H,10-11H2,1-2H3,(H,19,20). The second-order valence-corrected chi connectivity index (χ2v) is 5.70. The first-order valence-electron chi connectivity index (χ1n) is 7.06. The van der Waals surface area contributed by atoms with Crippen molar-refractivity contribution in [2.45, 2.75) is 32.2 Å². The molecule has 0 atom stereocenters. The van der Waals surface area contributed by atoms with E-state index in [0.717, 1.165) is 24.0 Å². The van der Waals surface area contributed by atoms with Crippen LogP contribution in [0.4, 0.5) is 0 Å². The van der Waals surface area contributed by atoms with Gasteiger partial charge < -0.3 is 5.32 Å². The van der Waals surface area contributed by atoms with E-state index in [4.69, 9.17) is 0 Å². The smallest absolute Gasteiger partial charge is 0.251 e. The van der Waals surface area contributed by atoms with Crippen LogP contribution in [0.1, 0.15) is 39.9 Å². The zero-order chi connectivity index (χ0) is 14.2. The summed E-state index contributed by atoms with van der Waals surface area (Å²) in [6, 6.07) is 16.1. The molecule has 2 heteroatoms. The molecule has 0 heterocycles. The number of nitrogens with one attached hydrogen (secondary N) is 1. The first-order chi connectivity index (χ1) is 9.61. The second kappa shape index (κ2) is 4.78. The average molecular weight is 265 g/mol. The van der Waals surface area contributed by atoms with Crippen LogP contribution in [-0.4, -0.2) is 5.91 Å². The van der Waals surface area contributed by atoms with Crippen LogP contribution in [0.3, 0.4) is 0 Å². The Morgan fingerprint density at radius 2 is 1.70 bits per heavy atom. The van der Waals surface area contributed by atoms with Gasteiger partial charge in [0.15, 0.2) is 0 Å². The van der Waals surface area contributed by atoms with Crippen molar-refractivity contribution in [1.82, 2.24) is 5.32 Å². The first kappa shape index (κ1) is 12.9. The minimum absolute atomic E-state index is 0.0226. The number of rotatable bonds is 3. The Morgan fingerprint density at radius 1 is 1.00 bits per heavy atom. The summed E-state index contributed by atoms with van der Waals surface area (Å²) in [6.45, 7) is 4.10. The monoisotopic (exact) mass is 265 g/mol. The Morgan fingerprint density at radius 3 is 2.30 bits per heavy atom. The van der Waals surface area contributed by atoms with Gasteiger partial charge in [0.2, 0.25) is 0 Å². The Kier molecular flexibility index (Phi) is 3.09. The summed E-state index contributed by atoms with van der Waals surface area (Å²) in [6.07, 6.45) is 2.04. The van der Waals surface area contributed by atoms with Crippen LogP contribution in [0, 0.1) is 13.8 Å². The first-order valence-corrected chi connectivity index (χ1v) is 7.06. The Bertz CT molecular complexity index is 642. The SMILES string of the molecule is Cc1ccc(C(=O)NC2(c3ccccc3)CC2)cc1C. The second-order valence-electron chi connectivity index (χ2n) is 5.70. The highest BCUT2D eigenvalue weighted by molar-refractivity contribution is 5.95. The van der Waals surface area contributed by atoms with E-state index < -0.39 is 0 Å². The van der Waals surface area contributed by atoms with E-state index in [1.165, 1.54) is 11.1 Å². The van der Waals surface area contributed by atoms with Crippen molar-refractivity contribution in [3.8, 4) is 0 Å².